The van der Waals surface area contributed by atoms with Gasteiger partial charge in [0.2, 0.25) is 15.9 Å². The van der Waals surface area contributed by atoms with E-state index in [0.717, 1.165) is 0 Å². The molecule has 0 heterocycles. The second-order valence-corrected chi connectivity index (χ2v) is 6.16. The number of nitrogens with one attached hydrogen (secondary N) is 1. The summed E-state index contributed by atoms with van der Waals surface area (Å²) in [7, 11) is -3.77. The molecule has 6 nitrogen and oxygen atoms in total. The first-order valence-electron chi connectivity index (χ1n) is 5.85. The molecule has 0 saturated carbocycles. The van der Waals surface area contributed by atoms with Crippen LogP contribution in [0.25, 0.3) is 0 Å². The summed E-state index contributed by atoms with van der Waals surface area (Å²) in [6, 6.07) is 6.04. The van der Waals surface area contributed by atoms with Crippen molar-refractivity contribution in [2.75, 3.05) is 6.54 Å². The van der Waals surface area contributed by atoms with Crippen LogP contribution in [0.2, 0.25) is 5.02 Å². The standard InChI is InChI=1S/C12H14ClN3O3S/c13-12-9(8-14)4-3-5-10(12)20(18,19)16-7-2-1-6-11(15)17/h3-5,16H,1-2,6-7H2,(H2,15,17). The van der Waals surface area contributed by atoms with Gasteiger partial charge in [0.1, 0.15) is 11.0 Å². The highest BCUT2D eigenvalue weighted by atomic mass is 35.5. The van der Waals surface area contributed by atoms with Crippen LogP contribution in [-0.2, 0) is 14.8 Å². The number of nitriles is 1. The molecule has 0 unspecified atom stereocenters. The second-order valence-electron chi connectivity index (χ2n) is 4.05. The first-order valence-corrected chi connectivity index (χ1v) is 7.71. The van der Waals surface area contributed by atoms with Crippen LogP contribution in [0, 0.1) is 11.3 Å². The van der Waals surface area contributed by atoms with Crippen molar-refractivity contribution >= 4 is 27.5 Å². The minimum absolute atomic E-state index is 0.0976. The summed E-state index contributed by atoms with van der Waals surface area (Å²) in [5.41, 5.74) is 5.08. The Kier molecular flexibility index (Phi) is 5.95. The highest BCUT2D eigenvalue weighted by molar-refractivity contribution is 7.89. The van der Waals surface area contributed by atoms with Gasteiger partial charge < -0.3 is 5.73 Å². The molecule has 0 bridgehead atoms. The quantitative estimate of drug-likeness (QED) is 0.734. The third-order valence-electron chi connectivity index (χ3n) is 2.52. The number of halogens is 1. The maximum Gasteiger partial charge on any atom is 0.242 e. The molecule has 0 saturated heterocycles. The number of hydrogen-bond acceptors (Lipinski definition) is 4. The number of nitrogens with zero attached hydrogens (tertiary/aromatic N) is 1. The van der Waals surface area contributed by atoms with Crippen LogP contribution in [0.3, 0.4) is 0 Å². The van der Waals surface area contributed by atoms with E-state index in [2.05, 4.69) is 4.72 Å². The number of carbonyl (C=O) groups is 1. The van der Waals surface area contributed by atoms with Crippen LogP contribution in [0.1, 0.15) is 24.8 Å². The van der Waals surface area contributed by atoms with Crippen LogP contribution in [-0.4, -0.2) is 20.9 Å². The van der Waals surface area contributed by atoms with Crippen LogP contribution >= 0.6 is 11.6 Å². The van der Waals surface area contributed by atoms with E-state index < -0.39 is 15.9 Å². The Bertz CT molecular complexity index is 638. The summed E-state index contributed by atoms with van der Waals surface area (Å²) >= 11 is 5.87. The molecule has 0 aromatic heterocycles. The van der Waals surface area contributed by atoms with Gasteiger partial charge in [0, 0.05) is 13.0 Å². The average molecular weight is 316 g/mol. The molecular formula is C12H14ClN3O3S. The third-order valence-corrected chi connectivity index (χ3v) is 4.54. The third kappa shape index (κ3) is 4.49. The topological polar surface area (TPSA) is 113 Å². The molecule has 1 rings (SSSR count). The van der Waals surface area contributed by atoms with Crippen molar-refractivity contribution in [1.29, 1.82) is 5.26 Å². The van der Waals surface area contributed by atoms with E-state index >= 15 is 0 Å². The van der Waals surface area contributed by atoms with Crippen molar-refractivity contribution < 1.29 is 13.2 Å². The van der Waals surface area contributed by atoms with Crippen LogP contribution in [0.4, 0.5) is 0 Å². The summed E-state index contributed by atoms with van der Waals surface area (Å²) < 4.78 is 26.4. The first kappa shape index (κ1) is 16.4. The van der Waals surface area contributed by atoms with Gasteiger partial charge >= 0.3 is 0 Å². The number of carbonyl (C=O) groups excluding carboxylic acids is 1. The van der Waals surface area contributed by atoms with Gasteiger partial charge in [-0.2, -0.15) is 5.26 Å². The van der Waals surface area contributed by atoms with E-state index in [4.69, 9.17) is 22.6 Å². The zero-order valence-corrected chi connectivity index (χ0v) is 12.2. The number of sulfonamides is 1. The lowest BCUT2D eigenvalue weighted by Crippen LogP contribution is -2.25. The van der Waals surface area contributed by atoms with E-state index in [-0.39, 0.29) is 28.4 Å². The number of benzene rings is 1. The molecule has 1 aromatic carbocycles. The Balaban J connectivity index is 2.71. The summed E-state index contributed by atoms with van der Waals surface area (Å²) in [5, 5.41) is 8.72. The Hall–Kier alpha value is -1.62. The maximum absolute atomic E-state index is 12.0. The molecule has 1 amide bonds. The van der Waals surface area contributed by atoms with Gasteiger partial charge in [-0.05, 0) is 25.0 Å². The SMILES string of the molecule is N#Cc1cccc(S(=O)(=O)NCCCCC(N)=O)c1Cl. The highest BCUT2D eigenvalue weighted by Gasteiger charge is 2.19. The van der Waals surface area contributed by atoms with E-state index in [9.17, 15) is 13.2 Å². The van der Waals surface area contributed by atoms with E-state index in [1.807, 2.05) is 6.07 Å². The minimum atomic E-state index is -3.77. The van der Waals surface area contributed by atoms with Gasteiger partial charge in [-0.15, -0.1) is 0 Å². The molecule has 0 spiro atoms. The predicted octanol–water partition coefficient (Wildman–Crippen LogP) is 1.15. The number of amides is 1. The molecule has 20 heavy (non-hydrogen) atoms. The van der Waals surface area contributed by atoms with Gasteiger partial charge in [-0.3, -0.25) is 4.79 Å². The Labute approximate surface area is 122 Å². The summed E-state index contributed by atoms with van der Waals surface area (Å²) in [6.07, 6.45) is 1.20. The van der Waals surface area contributed by atoms with Crippen molar-refractivity contribution in [3.05, 3.63) is 28.8 Å². The monoisotopic (exact) mass is 315 g/mol. The molecule has 108 valence electrons. The lowest BCUT2D eigenvalue weighted by atomic mass is 10.2. The molecule has 0 aliphatic carbocycles. The van der Waals surface area contributed by atoms with Crippen molar-refractivity contribution in [2.24, 2.45) is 5.73 Å². The molecule has 0 radical (unpaired) electrons. The maximum atomic E-state index is 12.0. The fourth-order valence-electron chi connectivity index (χ4n) is 1.51. The van der Waals surface area contributed by atoms with Crippen LogP contribution in [0.5, 0.6) is 0 Å². The van der Waals surface area contributed by atoms with Gasteiger partial charge in [-0.1, -0.05) is 17.7 Å². The van der Waals surface area contributed by atoms with E-state index in [1.165, 1.54) is 18.2 Å². The predicted molar refractivity (Wildman–Crippen MR) is 74.4 cm³/mol. The van der Waals surface area contributed by atoms with Gasteiger partial charge in [0.05, 0.1) is 10.6 Å². The van der Waals surface area contributed by atoms with Crippen molar-refractivity contribution in [3.8, 4) is 6.07 Å². The molecular weight excluding hydrogens is 302 g/mol. The van der Waals surface area contributed by atoms with Crippen molar-refractivity contribution in [2.45, 2.75) is 24.2 Å². The van der Waals surface area contributed by atoms with Crippen molar-refractivity contribution in [3.63, 3.8) is 0 Å². The molecule has 0 aliphatic rings. The van der Waals surface area contributed by atoms with Gasteiger partial charge in [0.15, 0.2) is 0 Å². The number of rotatable bonds is 7. The second kappa shape index (κ2) is 7.24. The lowest BCUT2D eigenvalue weighted by molar-refractivity contribution is -0.118. The molecule has 3 N–H and O–H groups in total. The first-order chi connectivity index (χ1) is 9.38. The summed E-state index contributed by atoms with van der Waals surface area (Å²) in [4.78, 5) is 10.4. The fraction of sp³-hybridized carbons (Fsp3) is 0.333. The van der Waals surface area contributed by atoms with Crippen LogP contribution < -0.4 is 10.5 Å². The number of hydrogen-bond donors (Lipinski definition) is 2. The van der Waals surface area contributed by atoms with E-state index in [0.29, 0.717) is 12.8 Å². The smallest absolute Gasteiger partial charge is 0.242 e. The highest BCUT2D eigenvalue weighted by Crippen LogP contribution is 2.24. The number of primary amides is 1. The molecule has 1 aromatic rings. The summed E-state index contributed by atoms with van der Waals surface area (Å²) in [6.45, 7) is 0.169. The van der Waals surface area contributed by atoms with Gasteiger partial charge in [-0.25, -0.2) is 13.1 Å². The Morgan fingerprint density at radius 1 is 1.40 bits per heavy atom. The lowest BCUT2D eigenvalue weighted by Gasteiger charge is -2.08. The molecule has 0 atom stereocenters. The average Bonchev–Trinajstić information content (AvgIpc) is 2.38. The minimum Gasteiger partial charge on any atom is -0.370 e. The largest absolute Gasteiger partial charge is 0.370 e. The number of nitrogens with two attached hydrogens (primary N) is 1. The van der Waals surface area contributed by atoms with Crippen molar-refractivity contribution in [1.82, 2.24) is 4.72 Å². The summed E-state index contributed by atoms with van der Waals surface area (Å²) in [5.74, 6) is -0.419. The molecule has 8 heteroatoms. The zero-order chi connectivity index (χ0) is 15.2. The zero-order valence-electron chi connectivity index (χ0n) is 10.6. The van der Waals surface area contributed by atoms with E-state index in [1.54, 1.807) is 0 Å². The van der Waals surface area contributed by atoms with Crippen LogP contribution in [0.15, 0.2) is 23.1 Å². The fourth-order valence-corrected chi connectivity index (χ4v) is 3.16. The Morgan fingerprint density at radius 3 is 2.70 bits per heavy atom. The molecule has 0 fully saturated rings. The Morgan fingerprint density at radius 2 is 2.10 bits per heavy atom. The number of unbranched alkanes of at least 4 members (excludes halogenated alkanes) is 1. The molecule has 0 aliphatic heterocycles. The normalized spacial score (nSPS) is 11.0. The van der Waals surface area contributed by atoms with Gasteiger partial charge in [0.25, 0.3) is 0 Å².